The van der Waals surface area contributed by atoms with Gasteiger partial charge in [0.05, 0.1) is 25.3 Å². The molecule has 3 aromatic carbocycles. The fraction of sp³-hybridized carbons (Fsp3) is 0.111. The van der Waals surface area contributed by atoms with Crippen molar-refractivity contribution in [2.24, 2.45) is 0 Å². The first-order chi connectivity index (χ1) is 17.2. The molecule has 4 nitrogen and oxygen atoms in total. The molecule has 0 aromatic heterocycles. The molecular formula is C27H13F5N4S. The summed E-state index contributed by atoms with van der Waals surface area (Å²) in [7, 11) is -9.98. The minimum atomic E-state index is -9.98. The smallest absolute Gasteiger partial charge is 0.226 e. The van der Waals surface area contributed by atoms with Crippen LogP contribution in [0.5, 0.6) is 0 Å². The van der Waals surface area contributed by atoms with Gasteiger partial charge in [-0.05, 0) is 76.4 Å². The molecule has 0 N–H and O–H groups in total. The van der Waals surface area contributed by atoms with E-state index in [4.69, 9.17) is 13.1 Å². The lowest BCUT2D eigenvalue weighted by Crippen LogP contribution is -2.25. The quantitative estimate of drug-likeness (QED) is 0.178. The van der Waals surface area contributed by atoms with Gasteiger partial charge >= 0.3 is 10.2 Å². The largest absolute Gasteiger partial charge is 0.310 e. The molecule has 0 saturated carbocycles. The summed E-state index contributed by atoms with van der Waals surface area (Å²) in [6.07, 6.45) is -0.0151. The first kappa shape index (κ1) is 24.1. The maximum atomic E-state index is 13.6. The highest BCUT2D eigenvalue weighted by Crippen LogP contribution is 3.02. The van der Waals surface area contributed by atoms with Crippen molar-refractivity contribution in [1.82, 2.24) is 0 Å². The van der Waals surface area contributed by atoms with Gasteiger partial charge in [-0.2, -0.15) is 0 Å². The van der Waals surface area contributed by atoms with Crippen LogP contribution >= 0.6 is 10.2 Å². The Morgan fingerprint density at radius 3 is 1.68 bits per heavy atom. The van der Waals surface area contributed by atoms with Crippen LogP contribution in [-0.2, 0) is 12.8 Å². The van der Waals surface area contributed by atoms with Gasteiger partial charge in [0.1, 0.15) is 4.90 Å². The Morgan fingerprint density at radius 1 is 0.784 bits per heavy atom. The fourth-order valence-corrected chi connectivity index (χ4v) is 5.98. The Hall–Kier alpha value is -4.64. The lowest BCUT2D eigenvalue weighted by Gasteiger charge is -2.40. The highest BCUT2D eigenvalue weighted by Gasteiger charge is 2.65. The maximum absolute atomic E-state index is 13.6. The van der Waals surface area contributed by atoms with Gasteiger partial charge in [-0.25, -0.2) is 20.2 Å². The molecule has 37 heavy (non-hydrogen) atoms. The van der Waals surface area contributed by atoms with Crippen molar-refractivity contribution < 1.29 is 19.4 Å². The Labute approximate surface area is 208 Å². The average Bonchev–Trinajstić information content (AvgIpc) is 3.37. The lowest BCUT2D eigenvalue weighted by molar-refractivity contribution is 0.364. The van der Waals surface area contributed by atoms with E-state index >= 15 is 0 Å². The van der Waals surface area contributed by atoms with E-state index in [1.54, 1.807) is 6.07 Å². The first-order valence-corrected chi connectivity index (χ1v) is 12.7. The van der Waals surface area contributed by atoms with Crippen LogP contribution in [0.3, 0.4) is 0 Å². The summed E-state index contributed by atoms with van der Waals surface area (Å²) in [6.45, 7) is 17.1. The summed E-state index contributed by atoms with van der Waals surface area (Å²) in [5.41, 5.74) is 3.39. The number of nitrogens with zero attached hydrogens (tertiary/aromatic N) is 4. The van der Waals surface area contributed by atoms with Crippen molar-refractivity contribution in [2.45, 2.75) is 24.7 Å². The number of rotatable bonds is 1. The zero-order valence-corrected chi connectivity index (χ0v) is 19.8. The van der Waals surface area contributed by atoms with Gasteiger partial charge in [0.25, 0.3) is 11.4 Å². The molecule has 0 bridgehead atoms. The van der Waals surface area contributed by atoms with E-state index < -0.39 is 15.1 Å². The summed E-state index contributed by atoms with van der Waals surface area (Å²) in [5, 5.41) is 20.0. The van der Waals surface area contributed by atoms with Crippen molar-refractivity contribution in [2.75, 3.05) is 0 Å². The van der Waals surface area contributed by atoms with E-state index in [0.29, 0.717) is 28.8 Å². The van der Waals surface area contributed by atoms with Crippen LogP contribution in [0.2, 0.25) is 0 Å². The van der Waals surface area contributed by atoms with Crippen molar-refractivity contribution in [3.05, 3.63) is 97.5 Å². The van der Waals surface area contributed by atoms with Gasteiger partial charge < -0.3 is 0 Å². The van der Waals surface area contributed by atoms with Crippen LogP contribution in [0.1, 0.15) is 27.8 Å². The SMILES string of the molecule is [C-]#[N+]/C(C#N)=c1/c2c(/c(=C(\C#N)[N+]#[C-])c3c1-c1ccc(C)cc1C3)-c1ccc(S(F)(F)(F)(F)F)cc1C2. The Kier molecular flexibility index (Phi) is 4.54. The van der Waals surface area contributed by atoms with Gasteiger partial charge in [-0.3, -0.25) is 0 Å². The third kappa shape index (κ3) is 3.54. The van der Waals surface area contributed by atoms with Crippen molar-refractivity contribution >= 4 is 21.6 Å². The summed E-state index contributed by atoms with van der Waals surface area (Å²) < 4.78 is 68.0. The molecule has 0 unspecified atom stereocenters. The standard InChI is InChI=1S/C27H13F5N4S/c1-14-4-6-18-15(8-14)10-20-24(18)27(23(13-34)36-3)21-11-16-9-17(37(28,29,30,31)32)5-7-19(16)25(21)26(20)22(12-33)35-2/h4-9H,10-11H2,1H3/b26-22+,27-23-. The Balaban J connectivity index is 2.03. The van der Waals surface area contributed by atoms with Gasteiger partial charge in [-0.15, -0.1) is 0 Å². The van der Waals surface area contributed by atoms with Gasteiger partial charge in [-0.1, -0.05) is 49.3 Å². The molecule has 2 aliphatic carbocycles. The topological polar surface area (TPSA) is 56.3 Å². The number of fused-ring (bicyclic) bond motifs is 6. The summed E-state index contributed by atoms with van der Waals surface area (Å²) in [4.78, 5) is 4.67. The molecule has 0 radical (unpaired) electrons. The summed E-state index contributed by atoms with van der Waals surface area (Å²) in [5.74, 6) is 0. The normalized spacial score (nSPS) is 16.3. The minimum absolute atomic E-state index is 0.0828. The zero-order valence-electron chi connectivity index (χ0n) is 19.0. The van der Waals surface area contributed by atoms with E-state index in [-0.39, 0.29) is 56.9 Å². The zero-order chi connectivity index (χ0) is 27.0. The van der Waals surface area contributed by atoms with Crippen LogP contribution in [0.4, 0.5) is 19.4 Å². The Bertz CT molecular complexity index is 1880. The van der Waals surface area contributed by atoms with E-state index in [1.807, 2.05) is 31.2 Å². The van der Waals surface area contributed by atoms with Crippen LogP contribution in [-0.4, -0.2) is 0 Å². The molecule has 0 heterocycles. The van der Waals surface area contributed by atoms with Crippen LogP contribution in [0.15, 0.2) is 41.3 Å². The summed E-state index contributed by atoms with van der Waals surface area (Å²) >= 11 is 0. The van der Waals surface area contributed by atoms with Crippen LogP contribution in [0.25, 0.3) is 43.3 Å². The van der Waals surface area contributed by atoms with Gasteiger partial charge in [0.2, 0.25) is 0 Å². The molecule has 5 rings (SSSR count). The molecule has 0 saturated heterocycles. The monoisotopic (exact) mass is 520 g/mol. The fourth-order valence-electron chi connectivity index (χ4n) is 5.29. The number of aryl methyl sites for hydroxylation is 1. The highest BCUT2D eigenvalue weighted by atomic mass is 32.5. The van der Waals surface area contributed by atoms with Crippen LogP contribution in [0, 0.1) is 42.7 Å². The molecule has 0 atom stereocenters. The molecule has 2 aliphatic rings. The third-order valence-electron chi connectivity index (χ3n) is 6.67. The lowest BCUT2D eigenvalue weighted by atomic mass is 9.90. The van der Waals surface area contributed by atoms with Crippen molar-refractivity contribution in [3.63, 3.8) is 0 Å². The van der Waals surface area contributed by atoms with Gasteiger partial charge in [0, 0.05) is 10.4 Å². The first-order valence-electron chi connectivity index (χ1n) is 10.7. The molecule has 182 valence electrons. The van der Waals surface area contributed by atoms with Gasteiger partial charge in [0.15, 0.2) is 0 Å². The number of halogens is 5. The van der Waals surface area contributed by atoms with E-state index in [2.05, 4.69) is 9.69 Å². The third-order valence-corrected chi connectivity index (χ3v) is 7.82. The number of benzene rings is 3. The molecule has 0 spiro atoms. The molecular weight excluding hydrogens is 507 g/mol. The predicted octanol–water partition coefficient (Wildman–Crippen LogP) is 6.90. The number of hydrogen-bond donors (Lipinski definition) is 0. The molecule has 10 heteroatoms. The molecule has 0 fully saturated rings. The van der Waals surface area contributed by atoms with Crippen LogP contribution < -0.4 is 10.4 Å². The van der Waals surface area contributed by atoms with E-state index in [1.165, 1.54) is 0 Å². The number of nitriles is 2. The Morgan fingerprint density at radius 2 is 1.24 bits per heavy atom. The highest BCUT2D eigenvalue weighted by molar-refractivity contribution is 8.45. The molecule has 3 aromatic rings. The van der Waals surface area contributed by atoms with Crippen molar-refractivity contribution in [1.29, 1.82) is 10.5 Å². The second kappa shape index (κ2) is 6.98. The van der Waals surface area contributed by atoms with Crippen molar-refractivity contribution in [3.8, 4) is 34.4 Å². The second-order valence-corrected chi connectivity index (χ2v) is 11.3. The predicted molar refractivity (Wildman–Crippen MR) is 130 cm³/mol. The molecule has 0 aliphatic heterocycles. The molecule has 0 amide bonds. The second-order valence-electron chi connectivity index (χ2n) is 8.90. The average molecular weight is 520 g/mol. The van der Waals surface area contributed by atoms with E-state index in [0.717, 1.165) is 17.2 Å². The number of hydrogen-bond acceptors (Lipinski definition) is 2. The minimum Gasteiger partial charge on any atom is -0.226 e. The maximum Gasteiger partial charge on any atom is 0.310 e. The summed E-state index contributed by atoms with van der Waals surface area (Å²) in [6, 6.07) is 10.9. The van der Waals surface area contributed by atoms with E-state index in [9.17, 15) is 30.0 Å².